The van der Waals surface area contributed by atoms with Gasteiger partial charge >= 0.3 is 0 Å². The van der Waals surface area contributed by atoms with E-state index in [0.717, 1.165) is 6.07 Å². The van der Waals surface area contributed by atoms with Crippen molar-refractivity contribution in [3.05, 3.63) is 64.5 Å². The van der Waals surface area contributed by atoms with Crippen molar-refractivity contribution in [3.63, 3.8) is 0 Å². The number of carbonyl (C=O) groups excluding carboxylic acids is 1. The summed E-state index contributed by atoms with van der Waals surface area (Å²) in [6, 6.07) is 3.18. The maximum Gasteiger partial charge on any atom is 0.282 e. The van der Waals surface area contributed by atoms with Gasteiger partial charge in [-0.1, -0.05) is 17.7 Å². The van der Waals surface area contributed by atoms with E-state index in [4.69, 9.17) is 11.6 Å². The van der Waals surface area contributed by atoms with Crippen molar-refractivity contribution in [3.8, 4) is 0 Å². The lowest BCUT2D eigenvalue weighted by atomic mass is 10.2. The van der Waals surface area contributed by atoms with Crippen molar-refractivity contribution in [1.82, 2.24) is 19.6 Å². The predicted octanol–water partition coefficient (Wildman–Crippen LogP) is 5.00. The summed E-state index contributed by atoms with van der Waals surface area (Å²) in [7, 11) is 0. The molecule has 0 fully saturated rings. The van der Waals surface area contributed by atoms with Crippen molar-refractivity contribution >= 4 is 23.2 Å². The number of carbonyl (C=O) groups is 1. The number of hydrogen-bond donors (Lipinski definition) is 1. The van der Waals surface area contributed by atoms with Gasteiger partial charge in [0.25, 0.3) is 12.9 Å². The molecule has 160 valence electrons. The van der Waals surface area contributed by atoms with Crippen LogP contribution in [-0.4, -0.2) is 25.5 Å². The fourth-order valence-corrected chi connectivity index (χ4v) is 2.93. The van der Waals surface area contributed by atoms with E-state index >= 15 is 0 Å². The zero-order valence-corrected chi connectivity index (χ0v) is 16.1. The number of aromatic nitrogens is 4. The molecule has 30 heavy (non-hydrogen) atoms. The number of halogens is 6. The third kappa shape index (κ3) is 4.78. The van der Waals surface area contributed by atoms with Gasteiger partial charge in [0.15, 0.2) is 0 Å². The molecule has 2 heterocycles. The number of hydrogen-bond acceptors (Lipinski definition) is 3. The number of nitrogens with zero attached hydrogens (tertiary/aromatic N) is 4. The highest BCUT2D eigenvalue weighted by Gasteiger charge is 2.27. The first-order valence-corrected chi connectivity index (χ1v) is 8.96. The van der Waals surface area contributed by atoms with E-state index in [2.05, 4.69) is 15.5 Å². The van der Waals surface area contributed by atoms with E-state index in [9.17, 15) is 26.7 Å². The van der Waals surface area contributed by atoms with E-state index in [1.807, 2.05) is 0 Å². The van der Waals surface area contributed by atoms with Gasteiger partial charge in [-0.3, -0.25) is 14.2 Å². The molecule has 0 saturated carbocycles. The van der Waals surface area contributed by atoms with Gasteiger partial charge in [-0.05, 0) is 30.7 Å². The molecule has 0 saturated heterocycles. The lowest BCUT2D eigenvalue weighted by Crippen LogP contribution is -2.25. The van der Waals surface area contributed by atoms with Crippen molar-refractivity contribution in [2.45, 2.75) is 32.4 Å². The molecule has 3 aromatic rings. The van der Waals surface area contributed by atoms with Gasteiger partial charge in [-0.25, -0.2) is 22.0 Å². The van der Waals surface area contributed by atoms with Crippen molar-refractivity contribution in [1.29, 1.82) is 0 Å². The van der Waals surface area contributed by atoms with Crippen LogP contribution in [-0.2, 0) is 11.3 Å². The van der Waals surface area contributed by atoms with Crippen LogP contribution in [0.25, 0.3) is 0 Å². The van der Waals surface area contributed by atoms with E-state index in [0.29, 0.717) is 16.3 Å². The normalized spacial score (nSPS) is 12.6. The fraction of sp³-hybridized carbons (Fsp3) is 0.278. The van der Waals surface area contributed by atoms with Gasteiger partial charge in [0.2, 0.25) is 5.91 Å². The Morgan fingerprint density at radius 1 is 1.20 bits per heavy atom. The van der Waals surface area contributed by atoms with Gasteiger partial charge in [-0.2, -0.15) is 10.2 Å². The zero-order valence-electron chi connectivity index (χ0n) is 15.4. The smallest absolute Gasteiger partial charge is 0.282 e. The maximum absolute atomic E-state index is 13.1. The molecule has 1 aromatic carbocycles. The Labute approximate surface area is 172 Å². The lowest BCUT2D eigenvalue weighted by Gasteiger charge is -2.14. The predicted molar refractivity (Wildman–Crippen MR) is 98.2 cm³/mol. The Kier molecular flexibility index (Phi) is 6.40. The van der Waals surface area contributed by atoms with Gasteiger partial charge in [-0.15, -0.1) is 0 Å². The Balaban J connectivity index is 1.72. The first-order chi connectivity index (χ1) is 14.2. The second-order valence-corrected chi connectivity index (χ2v) is 6.77. The third-order valence-corrected chi connectivity index (χ3v) is 4.58. The lowest BCUT2D eigenvalue weighted by molar-refractivity contribution is -0.119. The molecule has 1 N–H and O–H groups in total. The molecule has 3 rings (SSSR count). The summed E-state index contributed by atoms with van der Waals surface area (Å²) in [5, 5.41) is 10.1. The number of rotatable bonds is 7. The summed E-state index contributed by atoms with van der Waals surface area (Å²) >= 11 is 5.97. The largest absolute Gasteiger partial charge is 0.322 e. The van der Waals surface area contributed by atoms with Crippen LogP contribution in [0.1, 0.15) is 42.8 Å². The van der Waals surface area contributed by atoms with Crippen molar-refractivity contribution in [2.24, 2.45) is 0 Å². The highest BCUT2D eigenvalue weighted by Crippen LogP contribution is 2.28. The average molecular weight is 448 g/mol. The summed E-state index contributed by atoms with van der Waals surface area (Å²) in [5.41, 5.74) is -0.793. The number of benzene rings is 1. The standard InChI is InChI=1S/C18H15ClF5N5O/c1-9(29-15(17(23)24)5-14(27-29)16(21)22)18(30)26-12-6-25-28(8-12)7-10-2-3-11(20)4-13(10)19/h2-6,8-9,16-17H,7H2,1H3,(H,26,30). The van der Waals surface area contributed by atoms with Crippen molar-refractivity contribution in [2.75, 3.05) is 5.32 Å². The summed E-state index contributed by atoms with van der Waals surface area (Å²) < 4.78 is 67.0. The number of nitrogens with one attached hydrogen (secondary N) is 1. The molecule has 0 spiro atoms. The van der Waals surface area contributed by atoms with Gasteiger partial charge in [0, 0.05) is 11.2 Å². The number of amides is 1. The van der Waals surface area contributed by atoms with Crippen LogP contribution in [0.5, 0.6) is 0 Å². The molecule has 2 aromatic heterocycles. The van der Waals surface area contributed by atoms with Crippen LogP contribution < -0.4 is 5.32 Å². The molecule has 12 heteroatoms. The minimum Gasteiger partial charge on any atom is -0.322 e. The minimum atomic E-state index is -3.08. The highest BCUT2D eigenvalue weighted by molar-refractivity contribution is 6.31. The highest BCUT2D eigenvalue weighted by atomic mass is 35.5. The Hall–Kier alpha value is -2.95. The minimum absolute atomic E-state index is 0.191. The van der Waals surface area contributed by atoms with Crippen LogP contribution >= 0.6 is 11.6 Å². The second kappa shape index (κ2) is 8.82. The Morgan fingerprint density at radius 3 is 2.57 bits per heavy atom. The molecule has 0 aliphatic carbocycles. The molecule has 6 nitrogen and oxygen atoms in total. The Morgan fingerprint density at radius 2 is 1.93 bits per heavy atom. The fourth-order valence-electron chi connectivity index (χ4n) is 2.71. The summed E-state index contributed by atoms with van der Waals surface area (Å²) in [4.78, 5) is 12.4. The molecule has 1 atom stereocenters. The molecular formula is C18H15ClF5N5O. The number of anilines is 1. The van der Waals surface area contributed by atoms with Gasteiger partial charge in [0.05, 0.1) is 18.4 Å². The van der Waals surface area contributed by atoms with Crippen LogP contribution in [0.4, 0.5) is 27.6 Å². The van der Waals surface area contributed by atoms with Crippen LogP contribution in [0.2, 0.25) is 5.02 Å². The van der Waals surface area contributed by atoms with Crippen LogP contribution in [0.3, 0.4) is 0 Å². The second-order valence-electron chi connectivity index (χ2n) is 6.37. The first kappa shape index (κ1) is 21.8. The molecule has 1 unspecified atom stereocenters. The van der Waals surface area contributed by atoms with E-state index < -0.39 is 42.0 Å². The quantitative estimate of drug-likeness (QED) is 0.519. The van der Waals surface area contributed by atoms with Gasteiger partial charge < -0.3 is 5.32 Å². The molecule has 1 amide bonds. The monoisotopic (exact) mass is 447 g/mol. The maximum atomic E-state index is 13.1. The van der Waals surface area contributed by atoms with E-state index in [-0.39, 0.29) is 17.3 Å². The zero-order chi connectivity index (χ0) is 22.0. The average Bonchev–Trinajstić information content (AvgIpc) is 3.30. The SMILES string of the molecule is CC(C(=O)Nc1cnn(Cc2ccc(F)cc2Cl)c1)n1nc(C(F)F)cc1C(F)F. The summed E-state index contributed by atoms with van der Waals surface area (Å²) in [6.07, 6.45) is -3.37. The molecule has 0 aliphatic rings. The molecule has 0 radical (unpaired) electrons. The summed E-state index contributed by atoms with van der Waals surface area (Å²) in [6.45, 7) is 1.45. The Bertz CT molecular complexity index is 1050. The molecular weight excluding hydrogens is 433 g/mol. The van der Waals surface area contributed by atoms with Crippen LogP contribution in [0.15, 0.2) is 36.7 Å². The van der Waals surface area contributed by atoms with Crippen LogP contribution in [0, 0.1) is 5.82 Å². The van der Waals surface area contributed by atoms with Gasteiger partial charge in [0.1, 0.15) is 23.2 Å². The molecule has 0 aliphatic heterocycles. The first-order valence-electron chi connectivity index (χ1n) is 8.58. The molecule has 0 bridgehead atoms. The summed E-state index contributed by atoms with van der Waals surface area (Å²) in [5.74, 6) is -1.23. The van der Waals surface area contributed by atoms with E-state index in [1.54, 1.807) is 0 Å². The van der Waals surface area contributed by atoms with E-state index in [1.165, 1.54) is 36.1 Å². The topological polar surface area (TPSA) is 64.7 Å². The third-order valence-electron chi connectivity index (χ3n) is 4.23. The van der Waals surface area contributed by atoms with Crippen molar-refractivity contribution < 1.29 is 26.7 Å². The number of alkyl halides is 4.